The molecule has 0 aliphatic carbocycles. The average Bonchev–Trinajstić information content (AvgIpc) is 2.59. The van der Waals surface area contributed by atoms with Gasteiger partial charge in [-0.15, -0.1) is 0 Å². The van der Waals surface area contributed by atoms with Crippen molar-refractivity contribution in [3.8, 4) is 0 Å². The molecule has 1 rings (SSSR count). The molecule has 2 unspecified atom stereocenters. The first kappa shape index (κ1) is 22.2. The lowest BCUT2D eigenvalue weighted by atomic mass is 9.89. The van der Waals surface area contributed by atoms with Crippen molar-refractivity contribution in [1.82, 2.24) is 10.6 Å². The number of carbonyl (C=O) groups excluding carboxylic acids is 2. The highest BCUT2D eigenvalue weighted by atomic mass is 16.2. The van der Waals surface area contributed by atoms with Crippen LogP contribution in [-0.2, 0) is 9.59 Å². The summed E-state index contributed by atoms with van der Waals surface area (Å²) in [6, 6.07) is 0. The first-order valence-electron chi connectivity index (χ1n) is 9.02. The number of primary amides is 2. The van der Waals surface area contributed by atoms with Gasteiger partial charge in [0.1, 0.15) is 11.4 Å². The molecule has 10 nitrogen and oxygen atoms in total. The van der Waals surface area contributed by atoms with Crippen LogP contribution in [0.5, 0.6) is 0 Å². The molecule has 0 aromatic rings. The van der Waals surface area contributed by atoms with Crippen LogP contribution in [0.15, 0.2) is 9.98 Å². The fraction of sp³-hybridized carbons (Fsp3) is 0.750. The van der Waals surface area contributed by atoms with Gasteiger partial charge in [-0.25, -0.2) is 0 Å². The molecule has 2 atom stereocenters. The fourth-order valence-electron chi connectivity index (χ4n) is 3.04. The zero-order valence-corrected chi connectivity index (χ0v) is 15.7. The van der Waals surface area contributed by atoms with E-state index in [1.807, 2.05) is 13.8 Å². The van der Waals surface area contributed by atoms with Gasteiger partial charge in [-0.1, -0.05) is 13.8 Å². The smallest absolute Gasteiger partial charge is 0.266 e. The van der Waals surface area contributed by atoms with Gasteiger partial charge in [0, 0.05) is 12.8 Å². The Kier molecular flexibility index (Phi) is 8.28. The highest BCUT2D eigenvalue weighted by Crippen LogP contribution is 2.28. The lowest BCUT2D eigenvalue weighted by Crippen LogP contribution is -2.66. The summed E-state index contributed by atoms with van der Waals surface area (Å²) in [6.07, 6.45) is 2.06. The van der Waals surface area contributed by atoms with Crippen LogP contribution in [0.3, 0.4) is 0 Å². The van der Waals surface area contributed by atoms with Gasteiger partial charge in [-0.05, 0) is 39.0 Å². The highest BCUT2D eigenvalue weighted by Gasteiger charge is 2.49. The lowest BCUT2D eigenvalue weighted by molar-refractivity contribution is -0.113. The maximum Gasteiger partial charge on any atom is 0.266 e. The zero-order valence-electron chi connectivity index (χ0n) is 15.7. The van der Waals surface area contributed by atoms with Gasteiger partial charge < -0.3 is 22.9 Å². The number of nitrogens with two attached hydrogens (primary N) is 4. The van der Waals surface area contributed by atoms with Crippen molar-refractivity contribution >= 4 is 23.2 Å². The summed E-state index contributed by atoms with van der Waals surface area (Å²) < 4.78 is 0. The minimum atomic E-state index is -1.27. The number of nitrogens with one attached hydrogen (secondary N) is 2. The zero-order chi connectivity index (χ0) is 19.8. The summed E-state index contributed by atoms with van der Waals surface area (Å²) >= 11 is 0. The fourth-order valence-corrected chi connectivity index (χ4v) is 3.04. The topological polar surface area (TPSA) is 187 Å². The quantitative estimate of drug-likeness (QED) is 0.230. The van der Waals surface area contributed by atoms with Gasteiger partial charge in [0.05, 0.1) is 0 Å². The predicted octanol–water partition coefficient (Wildman–Crippen LogP) is -2.06. The van der Waals surface area contributed by atoms with Crippen LogP contribution in [0.4, 0.5) is 0 Å². The number of hydrogen-bond donors (Lipinski definition) is 6. The first-order valence-corrected chi connectivity index (χ1v) is 9.02. The summed E-state index contributed by atoms with van der Waals surface area (Å²) in [7, 11) is 0. The molecule has 1 aliphatic rings. The second kappa shape index (κ2) is 9.72. The SMILES string of the molecule is CCCNC1(CCN)N=C(C(N)=O)C(CCN)(NCCC)N=C1C(N)=O. The normalized spacial score (nSPS) is 25.5. The van der Waals surface area contributed by atoms with E-state index in [1.54, 1.807) is 0 Å². The first-order chi connectivity index (χ1) is 12.3. The number of nitrogens with zero attached hydrogens (tertiary/aromatic N) is 2. The van der Waals surface area contributed by atoms with Crippen molar-refractivity contribution in [2.24, 2.45) is 32.9 Å². The van der Waals surface area contributed by atoms with Crippen molar-refractivity contribution in [1.29, 1.82) is 0 Å². The molecule has 10 N–H and O–H groups in total. The Labute approximate surface area is 154 Å². The van der Waals surface area contributed by atoms with Gasteiger partial charge in [0.15, 0.2) is 11.3 Å². The molecule has 10 heteroatoms. The molecule has 26 heavy (non-hydrogen) atoms. The molecule has 0 aromatic heterocycles. The molecule has 0 aromatic carbocycles. The Balaban J connectivity index is 3.62. The Hall–Kier alpha value is -1.88. The van der Waals surface area contributed by atoms with Gasteiger partial charge in [-0.3, -0.25) is 30.2 Å². The maximum absolute atomic E-state index is 12.2. The van der Waals surface area contributed by atoms with Gasteiger partial charge in [0.25, 0.3) is 11.8 Å². The van der Waals surface area contributed by atoms with E-state index in [0.29, 0.717) is 13.1 Å². The van der Waals surface area contributed by atoms with E-state index in [2.05, 4.69) is 20.6 Å². The largest absolute Gasteiger partial charge is 0.364 e. The molecule has 0 saturated carbocycles. The molecular formula is C16H32N8O2. The van der Waals surface area contributed by atoms with Crippen LogP contribution in [0, 0.1) is 0 Å². The maximum atomic E-state index is 12.2. The summed E-state index contributed by atoms with van der Waals surface area (Å²) in [5.74, 6) is -1.46. The van der Waals surface area contributed by atoms with E-state index < -0.39 is 23.1 Å². The van der Waals surface area contributed by atoms with Crippen LogP contribution in [0.2, 0.25) is 0 Å². The Morgan fingerprint density at radius 1 is 0.846 bits per heavy atom. The van der Waals surface area contributed by atoms with Crippen LogP contribution in [-0.4, -0.2) is 60.7 Å². The Morgan fingerprint density at radius 3 is 1.42 bits per heavy atom. The van der Waals surface area contributed by atoms with Gasteiger partial charge >= 0.3 is 0 Å². The highest BCUT2D eigenvalue weighted by molar-refractivity contribution is 6.47. The molecule has 0 bridgehead atoms. The molecule has 1 heterocycles. The second-order valence-corrected chi connectivity index (χ2v) is 6.30. The van der Waals surface area contributed by atoms with E-state index in [4.69, 9.17) is 22.9 Å². The summed E-state index contributed by atoms with van der Waals surface area (Å²) in [5.41, 5.74) is 20.2. The van der Waals surface area contributed by atoms with Crippen LogP contribution in [0.1, 0.15) is 39.5 Å². The number of aliphatic imine (C=N–C) groups is 2. The van der Waals surface area contributed by atoms with E-state index >= 15 is 0 Å². The molecule has 2 amide bonds. The molecule has 0 spiro atoms. The van der Waals surface area contributed by atoms with E-state index in [1.165, 1.54) is 0 Å². The van der Waals surface area contributed by atoms with E-state index in [0.717, 1.165) is 12.8 Å². The Morgan fingerprint density at radius 2 is 1.19 bits per heavy atom. The van der Waals surface area contributed by atoms with Crippen molar-refractivity contribution in [3.05, 3.63) is 0 Å². The monoisotopic (exact) mass is 368 g/mol. The van der Waals surface area contributed by atoms with Crippen molar-refractivity contribution < 1.29 is 9.59 Å². The number of carbonyl (C=O) groups is 2. The summed E-state index contributed by atoms with van der Waals surface area (Å²) in [4.78, 5) is 33.6. The summed E-state index contributed by atoms with van der Waals surface area (Å²) in [6.45, 7) is 5.43. The molecule has 0 saturated heterocycles. The summed E-state index contributed by atoms with van der Waals surface area (Å²) in [5, 5.41) is 6.34. The van der Waals surface area contributed by atoms with Gasteiger partial charge in [-0.2, -0.15) is 0 Å². The van der Waals surface area contributed by atoms with Crippen molar-refractivity contribution in [2.75, 3.05) is 26.2 Å². The minimum Gasteiger partial charge on any atom is -0.364 e. The van der Waals surface area contributed by atoms with Crippen LogP contribution < -0.4 is 33.6 Å². The van der Waals surface area contributed by atoms with Crippen molar-refractivity contribution in [3.63, 3.8) is 0 Å². The van der Waals surface area contributed by atoms with E-state index in [9.17, 15) is 9.59 Å². The molecule has 148 valence electrons. The molecular weight excluding hydrogens is 336 g/mol. The Bertz CT molecular complexity index is 527. The second-order valence-electron chi connectivity index (χ2n) is 6.30. The average molecular weight is 368 g/mol. The van der Waals surface area contributed by atoms with Gasteiger partial charge in [0.2, 0.25) is 0 Å². The predicted molar refractivity (Wildman–Crippen MR) is 103 cm³/mol. The number of amides is 2. The molecule has 0 radical (unpaired) electrons. The van der Waals surface area contributed by atoms with Crippen molar-refractivity contribution in [2.45, 2.75) is 50.9 Å². The molecule has 1 aliphatic heterocycles. The minimum absolute atomic E-state index is 0.0263. The standard InChI is InChI=1S/C16H32N8O2/c1-3-9-21-15(5-7-17)11(13(19)25)24-16(6-8-18,22-10-4-2)12(23-15)14(20)26/h21-22H,3-10,17-18H2,1-2H3,(H2,19,25)(H2,20,26). The van der Waals surface area contributed by atoms with Crippen LogP contribution in [0.25, 0.3) is 0 Å². The molecule has 0 fully saturated rings. The third kappa shape index (κ3) is 4.64. The third-order valence-electron chi connectivity index (χ3n) is 4.20. The number of rotatable bonds is 12. The number of hydrogen-bond acceptors (Lipinski definition) is 8. The van der Waals surface area contributed by atoms with E-state index in [-0.39, 0.29) is 37.4 Å². The van der Waals surface area contributed by atoms with Crippen LogP contribution >= 0.6 is 0 Å². The third-order valence-corrected chi connectivity index (χ3v) is 4.20. The lowest BCUT2D eigenvalue weighted by Gasteiger charge is -2.42.